The zero-order valence-corrected chi connectivity index (χ0v) is 9.99. The van der Waals surface area contributed by atoms with Gasteiger partial charge in [-0.3, -0.25) is 9.59 Å². The number of hydrogen-bond donors (Lipinski definition) is 3. The van der Waals surface area contributed by atoms with Crippen molar-refractivity contribution in [2.45, 2.75) is 0 Å². The van der Waals surface area contributed by atoms with E-state index in [1.165, 1.54) is 13.2 Å². The van der Waals surface area contributed by atoms with Crippen LogP contribution in [0.15, 0.2) is 18.3 Å². The molecule has 0 bridgehead atoms. The number of hydrogen-bond acceptors (Lipinski definition) is 4. The molecule has 1 heterocycles. The van der Waals surface area contributed by atoms with Crippen molar-refractivity contribution in [2.24, 2.45) is 5.73 Å². The zero-order chi connectivity index (χ0) is 13.4. The Kier molecular flexibility index (Phi) is 5.35. The minimum Gasteiger partial charge on any atom is -0.358 e. The highest BCUT2D eigenvalue weighted by atomic mass is 16.2. The first-order chi connectivity index (χ1) is 8.67. The third-order valence-electron chi connectivity index (χ3n) is 2.02. The van der Waals surface area contributed by atoms with Gasteiger partial charge in [0.05, 0.1) is 13.1 Å². The Balaban J connectivity index is 2.62. The maximum absolute atomic E-state index is 11.6. The molecule has 0 radical (unpaired) electrons. The fraction of sp³-hybridized carbons (Fsp3) is 0.250. The summed E-state index contributed by atoms with van der Waals surface area (Å²) in [4.78, 5) is 26.5. The smallest absolute Gasteiger partial charge is 0.270 e. The van der Waals surface area contributed by atoms with E-state index in [1.54, 1.807) is 12.1 Å². The molecule has 4 N–H and O–H groups in total. The highest BCUT2D eigenvalue weighted by molar-refractivity contribution is 5.94. The van der Waals surface area contributed by atoms with Crippen LogP contribution < -0.4 is 16.4 Å². The molecule has 1 rings (SSSR count). The average molecular weight is 246 g/mol. The lowest BCUT2D eigenvalue weighted by atomic mass is 10.2. The summed E-state index contributed by atoms with van der Waals surface area (Å²) in [5.74, 6) is 4.81. The van der Waals surface area contributed by atoms with Crippen LogP contribution >= 0.6 is 0 Å². The van der Waals surface area contributed by atoms with Gasteiger partial charge < -0.3 is 16.4 Å². The molecule has 1 aromatic rings. The monoisotopic (exact) mass is 246 g/mol. The predicted octanol–water partition coefficient (Wildman–Crippen LogP) is -1.13. The molecule has 0 fully saturated rings. The van der Waals surface area contributed by atoms with E-state index in [0.717, 1.165) is 0 Å². The fourth-order valence-electron chi connectivity index (χ4n) is 1.09. The molecule has 0 aromatic carbocycles. The lowest BCUT2D eigenvalue weighted by Gasteiger charge is -2.03. The second-order valence-corrected chi connectivity index (χ2v) is 3.29. The molecule has 0 unspecified atom stereocenters. The zero-order valence-electron chi connectivity index (χ0n) is 9.99. The minimum absolute atomic E-state index is 0.0776. The number of rotatable bonds is 3. The molecule has 0 aliphatic heterocycles. The number of nitrogens with one attached hydrogen (secondary N) is 2. The lowest BCUT2D eigenvalue weighted by Crippen LogP contribution is -2.35. The first-order valence-electron chi connectivity index (χ1n) is 5.31. The summed E-state index contributed by atoms with van der Waals surface area (Å²) in [6, 6.07) is 3.21. The average Bonchev–Trinajstić information content (AvgIpc) is 2.42. The Hall–Kier alpha value is -2.39. The van der Waals surface area contributed by atoms with Crippen LogP contribution in [0.3, 0.4) is 0 Å². The standard InChI is InChI=1S/C12H14N4O2/c1-14-11(17)8-16-12(18)10-5-4-9(7-15-10)3-2-6-13/h4-5,7H,6,8,13H2,1H3,(H,14,17)(H,16,18). The number of nitrogens with two attached hydrogens (primary N) is 1. The van der Waals surface area contributed by atoms with Gasteiger partial charge in [0.2, 0.25) is 5.91 Å². The minimum atomic E-state index is -0.406. The lowest BCUT2D eigenvalue weighted by molar-refractivity contribution is -0.119. The maximum Gasteiger partial charge on any atom is 0.270 e. The van der Waals surface area contributed by atoms with E-state index in [9.17, 15) is 9.59 Å². The van der Waals surface area contributed by atoms with Gasteiger partial charge in [-0.15, -0.1) is 0 Å². The Bertz CT molecular complexity index is 485. The molecule has 0 saturated heterocycles. The summed E-state index contributed by atoms with van der Waals surface area (Å²) < 4.78 is 0. The van der Waals surface area contributed by atoms with Crippen LogP contribution in [0.1, 0.15) is 16.1 Å². The van der Waals surface area contributed by atoms with Gasteiger partial charge in [-0.25, -0.2) is 4.98 Å². The van der Waals surface area contributed by atoms with E-state index in [-0.39, 0.29) is 24.7 Å². The molecule has 0 spiro atoms. The second-order valence-electron chi connectivity index (χ2n) is 3.29. The van der Waals surface area contributed by atoms with Crippen molar-refractivity contribution in [1.82, 2.24) is 15.6 Å². The van der Waals surface area contributed by atoms with Gasteiger partial charge in [-0.1, -0.05) is 11.8 Å². The molecule has 94 valence electrons. The number of pyridine rings is 1. The molecule has 6 nitrogen and oxygen atoms in total. The highest BCUT2D eigenvalue weighted by Crippen LogP contribution is 1.98. The summed E-state index contributed by atoms with van der Waals surface area (Å²) >= 11 is 0. The fourth-order valence-corrected chi connectivity index (χ4v) is 1.09. The van der Waals surface area contributed by atoms with Crippen LogP contribution in [-0.2, 0) is 4.79 Å². The molecule has 0 aliphatic carbocycles. The first-order valence-corrected chi connectivity index (χ1v) is 5.31. The number of nitrogens with zero attached hydrogens (tertiary/aromatic N) is 1. The number of carbonyl (C=O) groups excluding carboxylic acids is 2. The van der Waals surface area contributed by atoms with Gasteiger partial charge >= 0.3 is 0 Å². The highest BCUT2D eigenvalue weighted by Gasteiger charge is 2.07. The van der Waals surface area contributed by atoms with Crippen LogP contribution in [0.2, 0.25) is 0 Å². The van der Waals surface area contributed by atoms with Crippen LogP contribution in [0.4, 0.5) is 0 Å². The van der Waals surface area contributed by atoms with Crippen LogP contribution in [0.5, 0.6) is 0 Å². The van der Waals surface area contributed by atoms with Crippen LogP contribution in [-0.4, -0.2) is 36.9 Å². The topological polar surface area (TPSA) is 97.1 Å². The number of amides is 2. The molecular weight excluding hydrogens is 232 g/mol. The molecule has 0 aliphatic rings. The van der Waals surface area contributed by atoms with E-state index in [4.69, 9.17) is 5.73 Å². The Labute approximate surface area is 105 Å². The number of carbonyl (C=O) groups is 2. The summed E-state index contributed by atoms with van der Waals surface area (Å²) in [7, 11) is 1.50. The Morgan fingerprint density at radius 2 is 2.22 bits per heavy atom. The third kappa shape index (κ3) is 4.23. The van der Waals surface area contributed by atoms with Crippen LogP contribution in [0, 0.1) is 11.8 Å². The maximum atomic E-state index is 11.6. The van der Waals surface area contributed by atoms with Crippen molar-refractivity contribution in [3.63, 3.8) is 0 Å². The van der Waals surface area contributed by atoms with E-state index >= 15 is 0 Å². The number of aromatic nitrogens is 1. The van der Waals surface area contributed by atoms with Crippen molar-refractivity contribution in [3.8, 4) is 11.8 Å². The van der Waals surface area contributed by atoms with Crippen molar-refractivity contribution in [1.29, 1.82) is 0 Å². The van der Waals surface area contributed by atoms with Crippen molar-refractivity contribution in [3.05, 3.63) is 29.6 Å². The molecule has 0 atom stereocenters. The Morgan fingerprint density at radius 3 is 2.78 bits per heavy atom. The quantitative estimate of drug-likeness (QED) is 0.588. The van der Waals surface area contributed by atoms with Gasteiger partial charge in [0, 0.05) is 18.8 Å². The van der Waals surface area contributed by atoms with Gasteiger partial charge in [0.1, 0.15) is 5.69 Å². The molecule has 6 heteroatoms. The summed E-state index contributed by atoms with van der Waals surface area (Å²) in [5, 5.41) is 4.84. The predicted molar refractivity (Wildman–Crippen MR) is 66.6 cm³/mol. The van der Waals surface area contributed by atoms with E-state index in [2.05, 4.69) is 27.5 Å². The largest absolute Gasteiger partial charge is 0.358 e. The van der Waals surface area contributed by atoms with Gasteiger partial charge in [0.25, 0.3) is 5.91 Å². The van der Waals surface area contributed by atoms with Gasteiger partial charge in [-0.2, -0.15) is 0 Å². The van der Waals surface area contributed by atoms with E-state index < -0.39 is 5.91 Å². The van der Waals surface area contributed by atoms with Crippen LogP contribution in [0.25, 0.3) is 0 Å². The SMILES string of the molecule is CNC(=O)CNC(=O)c1ccc(C#CCN)cn1. The molecule has 0 saturated carbocycles. The molecular formula is C12H14N4O2. The van der Waals surface area contributed by atoms with Gasteiger partial charge in [0.15, 0.2) is 0 Å². The Morgan fingerprint density at radius 1 is 1.44 bits per heavy atom. The molecule has 1 aromatic heterocycles. The third-order valence-corrected chi connectivity index (χ3v) is 2.02. The summed E-state index contributed by atoms with van der Waals surface area (Å²) in [6.07, 6.45) is 1.48. The van der Waals surface area contributed by atoms with Gasteiger partial charge in [-0.05, 0) is 12.1 Å². The van der Waals surface area contributed by atoms with Crippen molar-refractivity contribution >= 4 is 11.8 Å². The first kappa shape index (κ1) is 13.7. The van der Waals surface area contributed by atoms with E-state index in [1.807, 2.05) is 0 Å². The summed E-state index contributed by atoms with van der Waals surface area (Å²) in [5.41, 5.74) is 6.16. The molecule has 18 heavy (non-hydrogen) atoms. The summed E-state index contributed by atoms with van der Waals surface area (Å²) in [6.45, 7) is 0.195. The normalized spacial score (nSPS) is 9.00. The second kappa shape index (κ2) is 7.04. The van der Waals surface area contributed by atoms with Crippen molar-refractivity contribution in [2.75, 3.05) is 20.1 Å². The van der Waals surface area contributed by atoms with Crippen molar-refractivity contribution < 1.29 is 9.59 Å². The molecule has 2 amide bonds. The van der Waals surface area contributed by atoms with E-state index in [0.29, 0.717) is 5.56 Å². The number of likely N-dealkylation sites (N-methyl/N-ethyl adjacent to an activating group) is 1.